The monoisotopic (exact) mass is 241 g/mol. The van der Waals surface area contributed by atoms with Crippen LogP contribution in [0, 0.1) is 5.41 Å². The van der Waals surface area contributed by atoms with Gasteiger partial charge in [0, 0.05) is 11.6 Å². The average molecular weight is 241 g/mol. The third-order valence-corrected chi connectivity index (χ3v) is 3.95. The molecule has 1 fully saturated rings. The van der Waals surface area contributed by atoms with Gasteiger partial charge in [0.05, 0.1) is 10.9 Å². The third kappa shape index (κ3) is 1.76. The molecule has 1 N–H and O–H groups in total. The summed E-state index contributed by atoms with van der Waals surface area (Å²) in [5.41, 5.74) is 1.44. The molecule has 0 unspecified atom stereocenters. The van der Waals surface area contributed by atoms with Crippen molar-refractivity contribution in [1.82, 2.24) is 4.98 Å². The first kappa shape index (κ1) is 11.2. The minimum absolute atomic E-state index is 0.538. The van der Waals surface area contributed by atoms with Crippen LogP contribution >= 0.6 is 0 Å². The van der Waals surface area contributed by atoms with Crippen molar-refractivity contribution < 1.29 is 9.90 Å². The van der Waals surface area contributed by atoms with Crippen LogP contribution in [0.4, 0.5) is 0 Å². The van der Waals surface area contributed by atoms with Gasteiger partial charge in [-0.3, -0.25) is 9.78 Å². The number of nitrogens with zero attached hydrogens (tertiary/aromatic N) is 1. The topological polar surface area (TPSA) is 50.2 Å². The summed E-state index contributed by atoms with van der Waals surface area (Å²) in [5.74, 6) is -0.665. The summed E-state index contributed by atoms with van der Waals surface area (Å²) in [6.07, 6.45) is 5.00. The van der Waals surface area contributed by atoms with Crippen molar-refractivity contribution in [3.05, 3.63) is 42.1 Å². The van der Waals surface area contributed by atoms with Gasteiger partial charge in [-0.15, -0.1) is 0 Å². The molecule has 0 bridgehead atoms. The summed E-state index contributed by atoms with van der Waals surface area (Å²) in [6, 6.07) is 9.98. The minimum atomic E-state index is -0.665. The number of para-hydroxylation sites is 1. The molecular weight excluding hydrogens is 226 g/mol. The van der Waals surface area contributed by atoms with Gasteiger partial charge in [0.1, 0.15) is 0 Å². The van der Waals surface area contributed by atoms with E-state index in [0.717, 1.165) is 35.7 Å². The number of carbonyl (C=O) groups is 1. The number of hydrogen-bond donors (Lipinski definition) is 1. The number of fused-ring (bicyclic) bond motifs is 1. The Hall–Kier alpha value is -1.90. The van der Waals surface area contributed by atoms with Crippen molar-refractivity contribution in [2.75, 3.05) is 0 Å². The number of aliphatic carboxylic acids is 1. The van der Waals surface area contributed by atoms with Crippen molar-refractivity contribution in [1.29, 1.82) is 0 Å². The molecule has 0 spiro atoms. The van der Waals surface area contributed by atoms with Crippen LogP contribution in [0.25, 0.3) is 10.9 Å². The molecule has 1 saturated carbocycles. The Bertz CT molecular complexity index is 602. The summed E-state index contributed by atoms with van der Waals surface area (Å²) < 4.78 is 0. The van der Waals surface area contributed by atoms with Gasteiger partial charge < -0.3 is 5.11 Å². The van der Waals surface area contributed by atoms with E-state index in [0.29, 0.717) is 6.42 Å². The predicted molar refractivity (Wildman–Crippen MR) is 69.4 cm³/mol. The molecule has 2 aromatic rings. The maximum atomic E-state index is 11.4. The van der Waals surface area contributed by atoms with Crippen molar-refractivity contribution >= 4 is 16.9 Å². The molecule has 1 aromatic heterocycles. The Morgan fingerprint density at radius 3 is 2.78 bits per heavy atom. The van der Waals surface area contributed by atoms with Crippen LogP contribution in [-0.2, 0) is 11.2 Å². The van der Waals surface area contributed by atoms with Crippen molar-refractivity contribution in [2.45, 2.75) is 25.7 Å². The molecule has 0 atom stereocenters. The van der Waals surface area contributed by atoms with Crippen LogP contribution in [0.1, 0.15) is 24.8 Å². The summed E-state index contributed by atoms with van der Waals surface area (Å²) in [7, 11) is 0. The van der Waals surface area contributed by atoms with Gasteiger partial charge in [0.15, 0.2) is 0 Å². The minimum Gasteiger partial charge on any atom is -0.481 e. The van der Waals surface area contributed by atoms with Crippen LogP contribution < -0.4 is 0 Å². The number of carboxylic acids is 1. The van der Waals surface area contributed by atoms with E-state index in [1.54, 1.807) is 0 Å². The molecule has 92 valence electrons. The highest BCUT2D eigenvalue weighted by Gasteiger charge is 2.44. The Labute approximate surface area is 105 Å². The van der Waals surface area contributed by atoms with E-state index in [-0.39, 0.29) is 0 Å². The largest absolute Gasteiger partial charge is 0.481 e. The Morgan fingerprint density at radius 1 is 1.33 bits per heavy atom. The average Bonchev–Trinajstić information content (AvgIpc) is 2.33. The molecule has 3 heteroatoms. The second kappa shape index (κ2) is 4.09. The predicted octanol–water partition coefficient (Wildman–Crippen LogP) is 3.03. The molecule has 0 radical (unpaired) electrons. The Morgan fingerprint density at radius 2 is 2.11 bits per heavy atom. The molecule has 18 heavy (non-hydrogen) atoms. The smallest absolute Gasteiger partial charge is 0.309 e. The fourth-order valence-corrected chi connectivity index (χ4v) is 2.67. The lowest BCUT2D eigenvalue weighted by atomic mass is 9.65. The number of carboxylic acid groups (broad SMARTS) is 1. The zero-order chi connectivity index (χ0) is 12.6. The van der Waals surface area contributed by atoms with Crippen LogP contribution in [-0.4, -0.2) is 16.1 Å². The van der Waals surface area contributed by atoms with E-state index in [1.807, 2.05) is 30.5 Å². The van der Waals surface area contributed by atoms with Gasteiger partial charge in [-0.1, -0.05) is 24.6 Å². The van der Waals surface area contributed by atoms with E-state index in [4.69, 9.17) is 0 Å². The van der Waals surface area contributed by atoms with Crippen LogP contribution in [0.3, 0.4) is 0 Å². The van der Waals surface area contributed by atoms with Crippen LogP contribution in [0.2, 0.25) is 0 Å². The highest BCUT2D eigenvalue weighted by Crippen LogP contribution is 2.44. The summed E-state index contributed by atoms with van der Waals surface area (Å²) >= 11 is 0. The first-order valence-corrected chi connectivity index (χ1v) is 6.27. The Kier molecular flexibility index (Phi) is 2.54. The van der Waals surface area contributed by atoms with Crippen molar-refractivity contribution in [3.8, 4) is 0 Å². The summed E-state index contributed by atoms with van der Waals surface area (Å²) in [6.45, 7) is 0. The van der Waals surface area contributed by atoms with E-state index < -0.39 is 11.4 Å². The molecule has 0 saturated heterocycles. The van der Waals surface area contributed by atoms with Crippen LogP contribution in [0.5, 0.6) is 0 Å². The van der Waals surface area contributed by atoms with Crippen molar-refractivity contribution in [2.24, 2.45) is 5.41 Å². The number of pyridine rings is 1. The standard InChI is InChI=1S/C15H15NO2/c17-14(18)15(6-3-7-15)9-11-8-12-4-1-2-5-13(12)16-10-11/h1-2,4-5,8,10H,3,6-7,9H2,(H,17,18). The van der Waals surface area contributed by atoms with E-state index >= 15 is 0 Å². The number of aromatic nitrogens is 1. The maximum Gasteiger partial charge on any atom is 0.309 e. The van der Waals surface area contributed by atoms with Crippen molar-refractivity contribution in [3.63, 3.8) is 0 Å². The molecule has 1 aliphatic rings. The highest BCUT2D eigenvalue weighted by atomic mass is 16.4. The van der Waals surface area contributed by atoms with E-state index in [2.05, 4.69) is 11.1 Å². The molecule has 0 amide bonds. The number of rotatable bonds is 3. The Balaban J connectivity index is 1.93. The normalized spacial score (nSPS) is 17.3. The number of benzene rings is 1. The zero-order valence-electron chi connectivity index (χ0n) is 10.1. The van der Waals surface area contributed by atoms with E-state index in [9.17, 15) is 9.90 Å². The molecule has 1 aromatic carbocycles. The van der Waals surface area contributed by atoms with Gasteiger partial charge in [-0.25, -0.2) is 0 Å². The second-order valence-corrected chi connectivity index (χ2v) is 5.15. The van der Waals surface area contributed by atoms with Gasteiger partial charge >= 0.3 is 5.97 Å². The van der Waals surface area contributed by atoms with Gasteiger partial charge in [0.25, 0.3) is 0 Å². The molecule has 1 aliphatic carbocycles. The third-order valence-electron chi connectivity index (χ3n) is 3.95. The first-order chi connectivity index (χ1) is 8.70. The quantitative estimate of drug-likeness (QED) is 0.898. The highest BCUT2D eigenvalue weighted by molar-refractivity contribution is 5.79. The second-order valence-electron chi connectivity index (χ2n) is 5.15. The molecular formula is C15H15NO2. The lowest BCUT2D eigenvalue weighted by Gasteiger charge is -2.37. The first-order valence-electron chi connectivity index (χ1n) is 6.27. The molecule has 3 nitrogen and oxygen atoms in total. The van der Waals surface area contributed by atoms with Crippen LogP contribution in [0.15, 0.2) is 36.5 Å². The molecule has 0 aliphatic heterocycles. The zero-order valence-corrected chi connectivity index (χ0v) is 10.1. The van der Waals surface area contributed by atoms with Gasteiger partial charge in [-0.05, 0) is 37.0 Å². The van der Waals surface area contributed by atoms with E-state index in [1.165, 1.54) is 0 Å². The van der Waals surface area contributed by atoms with Gasteiger partial charge in [-0.2, -0.15) is 0 Å². The molecule has 3 rings (SSSR count). The molecule has 1 heterocycles. The fourth-order valence-electron chi connectivity index (χ4n) is 2.67. The number of hydrogen-bond acceptors (Lipinski definition) is 2. The lowest BCUT2D eigenvalue weighted by molar-refractivity contribution is -0.154. The SMILES string of the molecule is O=C(O)C1(Cc2cnc3ccccc3c2)CCC1. The summed E-state index contributed by atoms with van der Waals surface area (Å²) in [5, 5.41) is 10.4. The fraction of sp³-hybridized carbons (Fsp3) is 0.333. The lowest BCUT2D eigenvalue weighted by Crippen LogP contribution is -2.39. The van der Waals surface area contributed by atoms with Gasteiger partial charge in [0.2, 0.25) is 0 Å². The summed E-state index contributed by atoms with van der Waals surface area (Å²) in [4.78, 5) is 15.7. The maximum absolute atomic E-state index is 11.4.